The third-order valence-corrected chi connectivity index (χ3v) is 4.62. The molecule has 4 N–H and O–H groups in total. The molecule has 0 spiro atoms. The van der Waals surface area contributed by atoms with Crippen molar-refractivity contribution >= 4 is 37.5 Å². The van der Waals surface area contributed by atoms with Gasteiger partial charge in [0, 0.05) is 30.2 Å². The van der Waals surface area contributed by atoms with E-state index in [2.05, 4.69) is 26.0 Å². The fraction of sp³-hybridized carbons (Fsp3) is 0.364. The Kier molecular flexibility index (Phi) is 5.33. The fourth-order valence-electron chi connectivity index (χ4n) is 1.46. The normalized spacial score (nSPS) is 11.3. The SMILES string of the molecule is CNC(=O)CCNS(=O)(=O)c1cc(Br)cc(N)c1C. The first-order valence-electron chi connectivity index (χ1n) is 5.54. The van der Waals surface area contributed by atoms with Crippen molar-refractivity contribution < 1.29 is 13.2 Å². The van der Waals surface area contributed by atoms with E-state index in [1.165, 1.54) is 13.1 Å². The van der Waals surface area contributed by atoms with Crippen molar-refractivity contribution in [2.75, 3.05) is 19.3 Å². The zero-order chi connectivity index (χ0) is 14.6. The molecule has 0 aliphatic heterocycles. The number of hydrogen-bond acceptors (Lipinski definition) is 4. The van der Waals surface area contributed by atoms with E-state index in [9.17, 15) is 13.2 Å². The van der Waals surface area contributed by atoms with Gasteiger partial charge in [0.1, 0.15) is 0 Å². The third kappa shape index (κ3) is 4.19. The predicted octanol–water partition coefficient (Wildman–Crippen LogP) is 0.754. The fourth-order valence-corrected chi connectivity index (χ4v) is 3.41. The Hall–Kier alpha value is -1.12. The minimum absolute atomic E-state index is 0.0356. The summed E-state index contributed by atoms with van der Waals surface area (Å²) in [6.45, 7) is 1.67. The van der Waals surface area contributed by atoms with Crippen molar-refractivity contribution in [2.24, 2.45) is 0 Å². The molecule has 8 heteroatoms. The van der Waals surface area contributed by atoms with Crippen LogP contribution in [-0.2, 0) is 14.8 Å². The highest BCUT2D eigenvalue weighted by atomic mass is 79.9. The van der Waals surface area contributed by atoms with Crippen LogP contribution in [-0.4, -0.2) is 27.9 Å². The Labute approximate surface area is 120 Å². The summed E-state index contributed by atoms with van der Waals surface area (Å²) in [6, 6.07) is 3.12. The van der Waals surface area contributed by atoms with Gasteiger partial charge >= 0.3 is 0 Å². The Morgan fingerprint density at radius 1 is 1.42 bits per heavy atom. The summed E-state index contributed by atoms with van der Waals surface area (Å²) < 4.78 is 27.2. The number of carbonyl (C=O) groups excluding carboxylic acids is 1. The molecule has 6 nitrogen and oxygen atoms in total. The maximum Gasteiger partial charge on any atom is 0.240 e. The van der Waals surface area contributed by atoms with Gasteiger partial charge in [-0.3, -0.25) is 4.79 Å². The third-order valence-electron chi connectivity index (χ3n) is 2.58. The second-order valence-electron chi connectivity index (χ2n) is 3.94. The monoisotopic (exact) mass is 349 g/mol. The molecule has 0 saturated carbocycles. The zero-order valence-electron chi connectivity index (χ0n) is 10.7. The maximum absolute atomic E-state index is 12.1. The molecule has 0 aromatic heterocycles. The van der Waals surface area contributed by atoms with E-state index in [0.717, 1.165) is 0 Å². The number of halogens is 1. The van der Waals surface area contributed by atoms with Crippen molar-refractivity contribution in [1.29, 1.82) is 0 Å². The van der Waals surface area contributed by atoms with E-state index in [-0.39, 0.29) is 23.8 Å². The number of rotatable bonds is 5. The number of carbonyl (C=O) groups is 1. The van der Waals surface area contributed by atoms with Crippen LogP contribution >= 0.6 is 15.9 Å². The molecule has 0 radical (unpaired) electrons. The summed E-state index contributed by atoms with van der Waals surface area (Å²) in [6.07, 6.45) is 0.0816. The van der Waals surface area contributed by atoms with Gasteiger partial charge in [0.05, 0.1) is 4.90 Å². The standard InChI is InChI=1S/C11H16BrN3O3S/c1-7-9(13)5-8(12)6-10(7)19(17,18)15-4-3-11(16)14-2/h5-6,15H,3-4,13H2,1-2H3,(H,14,16). The number of hydrogen-bond donors (Lipinski definition) is 3. The van der Waals surface area contributed by atoms with Gasteiger partial charge < -0.3 is 11.1 Å². The van der Waals surface area contributed by atoms with Crippen LogP contribution in [0.25, 0.3) is 0 Å². The van der Waals surface area contributed by atoms with E-state index in [1.807, 2.05) is 0 Å². The number of nitrogen functional groups attached to an aromatic ring is 1. The van der Waals surface area contributed by atoms with Crippen molar-refractivity contribution in [1.82, 2.24) is 10.0 Å². The van der Waals surface area contributed by atoms with Gasteiger partial charge in [-0.05, 0) is 24.6 Å². The minimum atomic E-state index is -3.68. The summed E-state index contributed by atoms with van der Waals surface area (Å²) in [5.74, 6) is -0.229. The molecule has 1 aromatic carbocycles. The molecule has 0 atom stereocenters. The van der Waals surface area contributed by atoms with Gasteiger partial charge in [0.15, 0.2) is 0 Å². The zero-order valence-corrected chi connectivity index (χ0v) is 13.1. The van der Waals surface area contributed by atoms with Gasteiger partial charge in [0.25, 0.3) is 0 Å². The molecular weight excluding hydrogens is 334 g/mol. The molecule has 0 bridgehead atoms. The lowest BCUT2D eigenvalue weighted by atomic mass is 10.2. The second kappa shape index (κ2) is 6.36. The summed E-state index contributed by atoms with van der Waals surface area (Å²) in [5, 5.41) is 2.42. The lowest BCUT2D eigenvalue weighted by Gasteiger charge is -2.11. The van der Waals surface area contributed by atoms with Gasteiger partial charge in [-0.1, -0.05) is 15.9 Å². The first-order valence-corrected chi connectivity index (χ1v) is 7.81. The highest BCUT2D eigenvalue weighted by Crippen LogP contribution is 2.26. The number of benzene rings is 1. The lowest BCUT2D eigenvalue weighted by molar-refractivity contribution is -0.120. The van der Waals surface area contributed by atoms with Gasteiger partial charge in [0.2, 0.25) is 15.9 Å². The van der Waals surface area contributed by atoms with Crippen LogP contribution in [0, 0.1) is 6.92 Å². The Morgan fingerprint density at radius 2 is 2.05 bits per heavy atom. The molecule has 0 aliphatic rings. The number of nitrogens with two attached hydrogens (primary N) is 1. The van der Waals surface area contributed by atoms with E-state index >= 15 is 0 Å². The van der Waals surface area contributed by atoms with Crippen molar-refractivity contribution in [3.05, 3.63) is 22.2 Å². The van der Waals surface area contributed by atoms with Crippen LogP contribution in [0.3, 0.4) is 0 Å². The van der Waals surface area contributed by atoms with Gasteiger partial charge in [-0.25, -0.2) is 13.1 Å². The summed E-state index contributed by atoms with van der Waals surface area (Å²) in [7, 11) is -2.18. The average molecular weight is 350 g/mol. The molecule has 0 saturated heterocycles. The molecule has 1 rings (SSSR count). The molecule has 0 fully saturated rings. The van der Waals surface area contributed by atoms with Gasteiger partial charge in [-0.2, -0.15) is 0 Å². The Morgan fingerprint density at radius 3 is 2.63 bits per heavy atom. The van der Waals surface area contributed by atoms with Crippen LogP contribution in [0.2, 0.25) is 0 Å². The number of nitrogens with one attached hydrogen (secondary N) is 2. The quantitative estimate of drug-likeness (QED) is 0.682. The van der Waals surface area contributed by atoms with E-state index < -0.39 is 10.0 Å². The van der Waals surface area contributed by atoms with Crippen molar-refractivity contribution in [3.63, 3.8) is 0 Å². The van der Waals surface area contributed by atoms with Crippen molar-refractivity contribution in [2.45, 2.75) is 18.2 Å². The molecule has 1 aromatic rings. The number of amides is 1. The van der Waals surface area contributed by atoms with Crippen LogP contribution in [0.15, 0.2) is 21.5 Å². The Bertz CT molecular complexity index is 587. The van der Waals surface area contributed by atoms with Crippen LogP contribution < -0.4 is 15.8 Å². The first-order chi connectivity index (χ1) is 8.77. The lowest BCUT2D eigenvalue weighted by Crippen LogP contribution is -2.29. The minimum Gasteiger partial charge on any atom is -0.398 e. The van der Waals surface area contributed by atoms with Gasteiger partial charge in [-0.15, -0.1) is 0 Å². The Balaban J connectivity index is 2.92. The second-order valence-corrected chi connectivity index (χ2v) is 6.59. The summed E-state index contributed by atoms with van der Waals surface area (Å²) in [5.41, 5.74) is 6.60. The molecule has 0 aliphatic carbocycles. The molecule has 0 heterocycles. The molecule has 1 amide bonds. The van der Waals surface area contributed by atoms with Crippen LogP contribution in [0.5, 0.6) is 0 Å². The smallest absolute Gasteiger partial charge is 0.240 e. The summed E-state index contributed by atoms with van der Waals surface area (Å²) >= 11 is 3.21. The van der Waals surface area contributed by atoms with Crippen molar-refractivity contribution in [3.8, 4) is 0 Å². The van der Waals surface area contributed by atoms with E-state index in [0.29, 0.717) is 15.7 Å². The largest absolute Gasteiger partial charge is 0.398 e. The maximum atomic E-state index is 12.1. The molecule has 19 heavy (non-hydrogen) atoms. The van der Waals surface area contributed by atoms with Crippen LogP contribution in [0.4, 0.5) is 5.69 Å². The van der Waals surface area contributed by atoms with E-state index in [4.69, 9.17) is 5.73 Å². The topological polar surface area (TPSA) is 101 Å². The van der Waals surface area contributed by atoms with Crippen LogP contribution in [0.1, 0.15) is 12.0 Å². The van der Waals surface area contributed by atoms with E-state index in [1.54, 1.807) is 13.0 Å². The highest BCUT2D eigenvalue weighted by molar-refractivity contribution is 9.10. The summed E-state index contributed by atoms with van der Waals surface area (Å²) in [4.78, 5) is 11.1. The molecule has 106 valence electrons. The number of anilines is 1. The predicted molar refractivity (Wildman–Crippen MR) is 77.2 cm³/mol. The number of sulfonamides is 1. The highest BCUT2D eigenvalue weighted by Gasteiger charge is 2.18. The first kappa shape index (κ1) is 15.9. The molecule has 0 unspecified atom stereocenters. The molecular formula is C11H16BrN3O3S. The average Bonchev–Trinajstić information content (AvgIpc) is 2.33.